The molecule has 114 valence electrons. The summed E-state index contributed by atoms with van der Waals surface area (Å²) in [6, 6.07) is 7.65. The lowest BCUT2D eigenvalue weighted by Crippen LogP contribution is -2.45. The van der Waals surface area contributed by atoms with E-state index in [-0.39, 0.29) is 11.7 Å². The molecule has 1 heterocycles. The van der Waals surface area contributed by atoms with E-state index < -0.39 is 0 Å². The molecule has 1 saturated heterocycles. The highest BCUT2D eigenvalue weighted by atomic mass is 16.2. The van der Waals surface area contributed by atoms with Crippen LogP contribution in [0.2, 0.25) is 0 Å². The predicted octanol–water partition coefficient (Wildman–Crippen LogP) is 3.09. The molecule has 0 aliphatic carbocycles. The number of benzene rings is 1. The number of rotatable bonds is 5. The van der Waals surface area contributed by atoms with Crippen molar-refractivity contribution in [3.05, 3.63) is 29.8 Å². The van der Waals surface area contributed by atoms with Crippen LogP contribution >= 0.6 is 0 Å². The van der Waals surface area contributed by atoms with Crippen molar-refractivity contribution in [3.63, 3.8) is 0 Å². The number of hydrogen-bond acceptors (Lipinski definition) is 3. The quantitative estimate of drug-likeness (QED) is 0.847. The van der Waals surface area contributed by atoms with Crippen LogP contribution in [0.4, 0.5) is 5.69 Å². The standard InChI is InChI=1S/C17H24N2O2/c1-3-16-6-4-5-11-19(16)17(21)12-18-15-9-7-14(8-10-15)13(2)20/h7-10,16,18H,3-6,11-12H2,1-2H3. The zero-order valence-electron chi connectivity index (χ0n) is 12.9. The van der Waals surface area contributed by atoms with Crippen LogP contribution in [0, 0.1) is 0 Å². The number of amides is 1. The lowest BCUT2D eigenvalue weighted by Gasteiger charge is -2.35. The molecule has 1 aliphatic rings. The van der Waals surface area contributed by atoms with Gasteiger partial charge in [0.05, 0.1) is 6.54 Å². The van der Waals surface area contributed by atoms with Crippen molar-refractivity contribution < 1.29 is 9.59 Å². The van der Waals surface area contributed by atoms with Crippen molar-refractivity contribution in [3.8, 4) is 0 Å². The molecule has 2 rings (SSSR count). The van der Waals surface area contributed by atoms with E-state index in [1.54, 1.807) is 19.1 Å². The Balaban J connectivity index is 1.89. The fourth-order valence-corrected chi connectivity index (χ4v) is 2.86. The van der Waals surface area contributed by atoms with Gasteiger partial charge in [-0.2, -0.15) is 0 Å². The second-order valence-corrected chi connectivity index (χ2v) is 5.63. The molecular weight excluding hydrogens is 264 g/mol. The molecule has 0 spiro atoms. The summed E-state index contributed by atoms with van der Waals surface area (Å²) in [5.41, 5.74) is 1.56. The summed E-state index contributed by atoms with van der Waals surface area (Å²) in [5, 5.41) is 3.15. The highest BCUT2D eigenvalue weighted by Crippen LogP contribution is 2.19. The third-order valence-corrected chi connectivity index (χ3v) is 4.15. The van der Waals surface area contributed by atoms with Crippen LogP contribution in [-0.2, 0) is 4.79 Å². The molecule has 1 fully saturated rings. The molecule has 1 aliphatic heterocycles. The maximum atomic E-state index is 12.3. The van der Waals surface area contributed by atoms with E-state index in [2.05, 4.69) is 12.2 Å². The van der Waals surface area contributed by atoms with Crippen LogP contribution in [0.1, 0.15) is 49.9 Å². The van der Waals surface area contributed by atoms with E-state index >= 15 is 0 Å². The van der Waals surface area contributed by atoms with Crippen LogP contribution in [-0.4, -0.2) is 35.7 Å². The average molecular weight is 288 g/mol. The van der Waals surface area contributed by atoms with Crippen molar-refractivity contribution in [1.29, 1.82) is 0 Å². The van der Waals surface area contributed by atoms with Crippen molar-refractivity contribution in [1.82, 2.24) is 4.90 Å². The van der Waals surface area contributed by atoms with Gasteiger partial charge in [0, 0.05) is 23.8 Å². The summed E-state index contributed by atoms with van der Waals surface area (Å²) in [5.74, 6) is 0.217. The van der Waals surface area contributed by atoms with Gasteiger partial charge in [-0.05, 0) is 56.9 Å². The van der Waals surface area contributed by atoms with Crippen LogP contribution in [0.25, 0.3) is 0 Å². The van der Waals surface area contributed by atoms with Crippen molar-refractivity contribution >= 4 is 17.4 Å². The fraction of sp³-hybridized carbons (Fsp3) is 0.529. The summed E-state index contributed by atoms with van der Waals surface area (Å²) < 4.78 is 0. The highest BCUT2D eigenvalue weighted by Gasteiger charge is 2.24. The summed E-state index contributed by atoms with van der Waals surface area (Å²) in [4.78, 5) is 25.6. The first kappa shape index (κ1) is 15.5. The lowest BCUT2D eigenvalue weighted by molar-refractivity contribution is -0.133. The largest absolute Gasteiger partial charge is 0.376 e. The Bertz CT molecular complexity index is 496. The Morgan fingerprint density at radius 1 is 1.24 bits per heavy atom. The molecule has 4 nitrogen and oxygen atoms in total. The SMILES string of the molecule is CCC1CCCCN1C(=O)CNc1ccc(C(C)=O)cc1. The van der Waals surface area contributed by atoms with Crippen LogP contribution in [0.5, 0.6) is 0 Å². The van der Waals surface area contributed by atoms with Gasteiger partial charge in [-0.15, -0.1) is 0 Å². The van der Waals surface area contributed by atoms with Gasteiger partial charge in [0.15, 0.2) is 5.78 Å². The second kappa shape index (κ2) is 7.25. The minimum absolute atomic E-state index is 0.0525. The Kier molecular flexibility index (Phi) is 5.37. The zero-order chi connectivity index (χ0) is 15.2. The van der Waals surface area contributed by atoms with E-state index in [0.29, 0.717) is 18.2 Å². The van der Waals surface area contributed by atoms with E-state index in [0.717, 1.165) is 31.5 Å². The molecule has 1 amide bonds. The molecule has 0 saturated carbocycles. The van der Waals surface area contributed by atoms with Gasteiger partial charge in [-0.1, -0.05) is 6.92 Å². The van der Waals surface area contributed by atoms with Gasteiger partial charge in [-0.25, -0.2) is 0 Å². The smallest absolute Gasteiger partial charge is 0.242 e. The number of nitrogens with zero attached hydrogens (tertiary/aromatic N) is 1. The zero-order valence-corrected chi connectivity index (χ0v) is 12.9. The predicted molar refractivity (Wildman–Crippen MR) is 84.6 cm³/mol. The molecular formula is C17H24N2O2. The maximum absolute atomic E-state index is 12.3. The molecule has 0 bridgehead atoms. The summed E-state index contributed by atoms with van der Waals surface area (Å²) >= 11 is 0. The molecule has 4 heteroatoms. The number of nitrogens with one attached hydrogen (secondary N) is 1. The third-order valence-electron chi connectivity index (χ3n) is 4.15. The molecule has 1 aromatic carbocycles. The number of carbonyl (C=O) groups excluding carboxylic acids is 2. The van der Waals surface area contributed by atoms with E-state index in [4.69, 9.17) is 0 Å². The van der Waals surface area contributed by atoms with Crippen LogP contribution in [0.15, 0.2) is 24.3 Å². The first-order valence-corrected chi connectivity index (χ1v) is 7.76. The van der Waals surface area contributed by atoms with Crippen molar-refractivity contribution in [2.75, 3.05) is 18.4 Å². The number of Topliss-reactive ketones (excluding diaryl/α,β-unsaturated/α-hetero) is 1. The molecule has 1 aromatic rings. The molecule has 0 radical (unpaired) electrons. The fourth-order valence-electron chi connectivity index (χ4n) is 2.86. The van der Waals surface area contributed by atoms with Crippen LogP contribution in [0.3, 0.4) is 0 Å². The number of anilines is 1. The monoisotopic (exact) mass is 288 g/mol. The molecule has 1 N–H and O–H groups in total. The summed E-state index contributed by atoms with van der Waals surface area (Å²) in [6.45, 7) is 4.88. The minimum atomic E-state index is 0.0525. The molecule has 0 aromatic heterocycles. The summed E-state index contributed by atoms with van der Waals surface area (Å²) in [6.07, 6.45) is 4.48. The van der Waals surface area contributed by atoms with E-state index in [1.165, 1.54) is 6.42 Å². The number of piperidine rings is 1. The second-order valence-electron chi connectivity index (χ2n) is 5.63. The maximum Gasteiger partial charge on any atom is 0.242 e. The Hall–Kier alpha value is -1.84. The van der Waals surface area contributed by atoms with Gasteiger partial charge in [-0.3, -0.25) is 9.59 Å². The van der Waals surface area contributed by atoms with Gasteiger partial charge in [0.1, 0.15) is 0 Å². The molecule has 21 heavy (non-hydrogen) atoms. The lowest BCUT2D eigenvalue weighted by atomic mass is 10.00. The number of hydrogen-bond donors (Lipinski definition) is 1. The van der Waals surface area contributed by atoms with E-state index in [9.17, 15) is 9.59 Å². The van der Waals surface area contributed by atoms with Crippen molar-refractivity contribution in [2.24, 2.45) is 0 Å². The number of ketones is 1. The minimum Gasteiger partial charge on any atom is -0.376 e. The molecule has 1 unspecified atom stereocenters. The first-order chi connectivity index (χ1) is 10.1. The third kappa shape index (κ3) is 4.06. The Labute approximate surface area is 126 Å². The van der Waals surface area contributed by atoms with E-state index in [1.807, 2.05) is 17.0 Å². The van der Waals surface area contributed by atoms with Gasteiger partial charge >= 0.3 is 0 Å². The van der Waals surface area contributed by atoms with Crippen LogP contribution < -0.4 is 5.32 Å². The Morgan fingerprint density at radius 3 is 2.57 bits per heavy atom. The van der Waals surface area contributed by atoms with Crippen molar-refractivity contribution in [2.45, 2.75) is 45.6 Å². The summed E-state index contributed by atoms with van der Waals surface area (Å²) in [7, 11) is 0. The topological polar surface area (TPSA) is 49.4 Å². The highest BCUT2D eigenvalue weighted by molar-refractivity contribution is 5.94. The van der Waals surface area contributed by atoms with Gasteiger partial charge in [0.25, 0.3) is 0 Å². The average Bonchev–Trinajstić information content (AvgIpc) is 2.52. The van der Waals surface area contributed by atoms with Gasteiger partial charge < -0.3 is 10.2 Å². The number of carbonyl (C=O) groups is 2. The molecule has 1 atom stereocenters. The Morgan fingerprint density at radius 2 is 1.95 bits per heavy atom. The van der Waals surface area contributed by atoms with Gasteiger partial charge in [0.2, 0.25) is 5.91 Å². The normalized spacial score (nSPS) is 18.4. The first-order valence-electron chi connectivity index (χ1n) is 7.76. The number of likely N-dealkylation sites (tertiary alicyclic amines) is 1.